The third-order valence-corrected chi connectivity index (χ3v) is 2.52. The van der Waals surface area contributed by atoms with E-state index in [1.165, 1.54) is 6.07 Å². The van der Waals surface area contributed by atoms with Gasteiger partial charge >= 0.3 is 11.7 Å². The minimum Gasteiger partial charge on any atom is -0.477 e. The van der Waals surface area contributed by atoms with Crippen LogP contribution in [0.5, 0.6) is 0 Å². The maximum Gasteiger partial charge on any atom is 0.343 e. The van der Waals surface area contributed by atoms with Crippen molar-refractivity contribution in [2.24, 2.45) is 0 Å². The maximum absolute atomic E-state index is 10.8. The summed E-state index contributed by atoms with van der Waals surface area (Å²) in [7, 11) is 0. The van der Waals surface area contributed by atoms with Crippen molar-refractivity contribution in [2.45, 2.75) is 6.92 Å². The number of hydrogen-bond donors (Lipinski definition) is 2. The zero-order valence-electron chi connectivity index (χ0n) is 7.65. The number of carboxylic acid groups (broad SMARTS) is 1. The molecule has 0 aliphatic carbocycles. The number of rotatable bonds is 2. The molecule has 1 aromatic carbocycles. The lowest BCUT2D eigenvalue weighted by Crippen LogP contribution is -2.08. The molecule has 6 nitrogen and oxygen atoms in total. The second-order valence-corrected chi connectivity index (χ2v) is 3.73. The lowest BCUT2D eigenvalue weighted by atomic mass is 10.1. The predicted molar refractivity (Wildman–Crippen MR) is 56.9 cm³/mol. The van der Waals surface area contributed by atoms with E-state index in [4.69, 9.17) is 10.8 Å². The van der Waals surface area contributed by atoms with Gasteiger partial charge in [0, 0.05) is 4.47 Å². The lowest BCUT2D eigenvalue weighted by molar-refractivity contribution is -0.384. The summed E-state index contributed by atoms with van der Waals surface area (Å²) in [4.78, 5) is 20.7. The van der Waals surface area contributed by atoms with Crippen molar-refractivity contribution >= 4 is 33.3 Å². The van der Waals surface area contributed by atoms with Gasteiger partial charge in [0.05, 0.1) is 4.92 Å². The number of nitro groups is 1. The van der Waals surface area contributed by atoms with Crippen LogP contribution in [0.25, 0.3) is 0 Å². The van der Waals surface area contributed by atoms with Crippen molar-refractivity contribution in [3.63, 3.8) is 0 Å². The summed E-state index contributed by atoms with van der Waals surface area (Å²) in [5, 5.41) is 19.5. The van der Waals surface area contributed by atoms with Crippen molar-refractivity contribution < 1.29 is 14.8 Å². The number of nitro benzene ring substituents is 1. The molecule has 1 rings (SSSR count). The normalized spacial score (nSPS) is 10.0. The Morgan fingerprint density at radius 2 is 2.20 bits per heavy atom. The maximum atomic E-state index is 10.8. The molecule has 0 spiro atoms. The van der Waals surface area contributed by atoms with Gasteiger partial charge in [-0.3, -0.25) is 10.1 Å². The highest BCUT2D eigenvalue weighted by atomic mass is 79.9. The first-order valence-corrected chi connectivity index (χ1v) is 4.61. The molecule has 0 amide bonds. The van der Waals surface area contributed by atoms with E-state index in [2.05, 4.69) is 15.9 Å². The first-order valence-electron chi connectivity index (χ1n) is 3.82. The molecule has 3 N–H and O–H groups in total. The fraction of sp³-hybridized carbons (Fsp3) is 0.125. The van der Waals surface area contributed by atoms with Crippen molar-refractivity contribution in [2.75, 3.05) is 5.73 Å². The lowest BCUT2D eigenvalue weighted by Gasteiger charge is -2.06. The largest absolute Gasteiger partial charge is 0.477 e. The first kappa shape index (κ1) is 11.4. The Hall–Kier alpha value is -1.63. The number of carboxylic acids is 1. The van der Waals surface area contributed by atoms with E-state index < -0.39 is 22.1 Å². The molecule has 0 radical (unpaired) electrons. The molecule has 0 unspecified atom stereocenters. The molecule has 1 aromatic rings. The molecule has 0 aliphatic heterocycles. The Kier molecular flexibility index (Phi) is 2.94. The number of nitrogens with zero attached hydrogens (tertiary/aromatic N) is 1. The molecular weight excluding hydrogens is 268 g/mol. The number of nitrogens with two attached hydrogens (primary N) is 1. The van der Waals surface area contributed by atoms with Gasteiger partial charge < -0.3 is 10.8 Å². The van der Waals surface area contributed by atoms with Crippen LogP contribution in [0.15, 0.2) is 10.5 Å². The highest BCUT2D eigenvalue weighted by molar-refractivity contribution is 9.10. The number of halogens is 1. The van der Waals surface area contributed by atoms with Crippen LogP contribution in [0.1, 0.15) is 15.9 Å². The second-order valence-electron chi connectivity index (χ2n) is 2.87. The van der Waals surface area contributed by atoms with Crippen LogP contribution in [0, 0.1) is 17.0 Å². The Morgan fingerprint density at radius 3 is 2.60 bits per heavy atom. The average molecular weight is 275 g/mol. The van der Waals surface area contributed by atoms with E-state index in [0.717, 1.165) is 0 Å². The third kappa shape index (κ3) is 1.91. The van der Waals surface area contributed by atoms with E-state index in [1.807, 2.05) is 0 Å². The Bertz CT molecular complexity index is 458. The molecule has 80 valence electrons. The molecule has 0 fully saturated rings. The van der Waals surface area contributed by atoms with E-state index >= 15 is 0 Å². The predicted octanol–water partition coefficient (Wildman–Crippen LogP) is 1.95. The van der Waals surface area contributed by atoms with Crippen LogP contribution >= 0.6 is 15.9 Å². The number of hydrogen-bond acceptors (Lipinski definition) is 4. The van der Waals surface area contributed by atoms with Crippen LogP contribution in [0.2, 0.25) is 0 Å². The van der Waals surface area contributed by atoms with Crippen molar-refractivity contribution in [3.05, 3.63) is 31.8 Å². The SMILES string of the molecule is Cc1cc(Br)c(C(=O)O)c([N+](=O)[O-])c1N. The van der Waals surface area contributed by atoms with Crippen LogP contribution in [0.3, 0.4) is 0 Å². The third-order valence-electron chi connectivity index (χ3n) is 1.90. The summed E-state index contributed by atoms with van der Waals surface area (Å²) in [5.74, 6) is -1.39. The average Bonchev–Trinajstić information content (AvgIpc) is 2.09. The van der Waals surface area contributed by atoms with Gasteiger partial charge in [-0.05, 0) is 34.5 Å². The number of anilines is 1. The summed E-state index contributed by atoms with van der Waals surface area (Å²) in [6.45, 7) is 1.57. The van der Waals surface area contributed by atoms with Gasteiger partial charge in [-0.15, -0.1) is 0 Å². The van der Waals surface area contributed by atoms with Gasteiger partial charge in [-0.25, -0.2) is 4.79 Å². The minimum atomic E-state index is -1.39. The molecule has 0 aromatic heterocycles. The standard InChI is InChI=1S/C8H7BrN2O4/c1-3-2-4(9)5(8(12)13)7(6(3)10)11(14)15/h2H,10H2,1H3,(H,12,13). The fourth-order valence-corrected chi connectivity index (χ4v) is 1.87. The molecule has 7 heteroatoms. The molecule has 0 saturated heterocycles. The van der Waals surface area contributed by atoms with E-state index in [9.17, 15) is 14.9 Å². The number of nitrogen functional groups attached to an aromatic ring is 1. The van der Waals surface area contributed by atoms with Crippen LogP contribution in [0.4, 0.5) is 11.4 Å². The summed E-state index contributed by atoms with van der Waals surface area (Å²) in [6.07, 6.45) is 0. The highest BCUT2D eigenvalue weighted by Gasteiger charge is 2.27. The van der Waals surface area contributed by atoms with Gasteiger partial charge in [0.1, 0.15) is 5.69 Å². The van der Waals surface area contributed by atoms with Gasteiger partial charge in [0.15, 0.2) is 5.56 Å². The summed E-state index contributed by atoms with van der Waals surface area (Å²) < 4.78 is 0.147. The second kappa shape index (κ2) is 3.85. The zero-order chi connectivity index (χ0) is 11.7. The van der Waals surface area contributed by atoms with E-state index in [-0.39, 0.29) is 10.2 Å². The molecule has 0 saturated carbocycles. The monoisotopic (exact) mass is 274 g/mol. The Balaban J connectivity index is 3.69. The molecule has 0 aliphatic rings. The van der Waals surface area contributed by atoms with E-state index in [0.29, 0.717) is 5.56 Å². The van der Waals surface area contributed by atoms with E-state index in [1.54, 1.807) is 6.92 Å². The Labute approximate surface area is 93.0 Å². The summed E-state index contributed by atoms with van der Waals surface area (Å²) in [5.41, 5.74) is 4.80. The van der Waals surface area contributed by atoms with Crippen LogP contribution in [-0.2, 0) is 0 Å². The topological polar surface area (TPSA) is 106 Å². The minimum absolute atomic E-state index is 0.124. The zero-order valence-corrected chi connectivity index (χ0v) is 9.24. The van der Waals surface area contributed by atoms with Gasteiger partial charge in [0.25, 0.3) is 0 Å². The fourth-order valence-electron chi connectivity index (χ4n) is 1.17. The molecule has 15 heavy (non-hydrogen) atoms. The van der Waals surface area contributed by atoms with Crippen molar-refractivity contribution in [1.82, 2.24) is 0 Å². The molecule has 0 bridgehead atoms. The van der Waals surface area contributed by atoms with Gasteiger partial charge in [-0.1, -0.05) is 0 Å². The quantitative estimate of drug-likeness (QED) is 0.487. The smallest absolute Gasteiger partial charge is 0.343 e. The van der Waals surface area contributed by atoms with Gasteiger partial charge in [-0.2, -0.15) is 0 Å². The van der Waals surface area contributed by atoms with Crippen molar-refractivity contribution in [1.29, 1.82) is 0 Å². The Morgan fingerprint density at radius 1 is 1.67 bits per heavy atom. The first-order chi connectivity index (χ1) is 6.86. The molecule has 0 atom stereocenters. The van der Waals surface area contributed by atoms with Crippen LogP contribution < -0.4 is 5.73 Å². The number of carbonyl (C=O) groups is 1. The van der Waals surface area contributed by atoms with Gasteiger partial charge in [0.2, 0.25) is 0 Å². The number of aryl methyl sites for hydroxylation is 1. The van der Waals surface area contributed by atoms with Crippen molar-refractivity contribution in [3.8, 4) is 0 Å². The molecule has 0 heterocycles. The summed E-state index contributed by atoms with van der Waals surface area (Å²) in [6, 6.07) is 1.44. The number of aromatic carboxylic acids is 1. The summed E-state index contributed by atoms with van der Waals surface area (Å²) >= 11 is 2.96. The highest BCUT2D eigenvalue weighted by Crippen LogP contribution is 2.34. The van der Waals surface area contributed by atoms with Crippen LogP contribution in [-0.4, -0.2) is 16.0 Å². The molecular formula is C8H7BrN2O4. The number of benzene rings is 1.